The van der Waals surface area contributed by atoms with E-state index in [4.69, 9.17) is 16.3 Å². The number of nitrogens with zero attached hydrogens (tertiary/aromatic N) is 1. The van der Waals surface area contributed by atoms with Crippen molar-refractivity contribution in [3.63, 3.8) is 0 Å². The Morgan fingerprint density at radius 1 is 1.15 bits per heavy atom. The van der Waals surface area contributed by atoms with Gasteiger partial charge in [0.15, 0.2) is 0 Å². The number of amides is 2. The molecule has 0 unspecified atom stereocenters. The van der Waals surface area contributed by atoms with Crippen molar-refractivity contribution in [3.05, 3.63) is 58.6 Å². The fourth-order valence-electron chi connectivity index (χ4n) is 2.57. The fourth-order valence-corrected chi connectivity index (χ4v) is 2.73. The number of carbonyl (C=O) groups excluding carboxylic acids is 2. The number of hydrogen-bond acceptors (Lipinski definition) is 3. The van der Waals surface area contributed by atoms with E-state index in [-0.39, 0.29) is 18.2 Å². The van der Waals surface area contributed by atoms with Crippen molar-refractivity contribution in [2.24, 2.45) is 0 Å². The van der Waals surface area contributed by atoms with Crippen molar-refractivity contribution in [2.75, 3.05) is 18.6 Å². The molecule has 5 nitrogen and oxygen atoms in total. The van der Waals surface area contributed by atoms with Crippen LogP contribution in [0.15, 0.2) is 42.5 Å². The number of methoxy groups -OCH3 is 1. The quantitative estimate of drug-likeness (QED) is 0.803. The summed E-state index contributed by atoms with van der Waals surface area (Å²) in [6.07, 6.45) is 0.210. The van der Waals surface area contributed by atoms with Gasteiger partial charge in [-0.05, 0) is 42.3 Å². The summed E-state index contributed by atoms with van der Waals surface area (Å²) >= 11 is 6.04. The van der Waals surface area contributed by atoms with Crippen LogP contribution in [-0.2, 0) is 16.1 Å². The smallest absolute Gasteiger partial charge is 0.223 e. The molecule has 0 aliphatic carbocycles. The molecule has 1 N–H and O–H groups in total. The second-order valence-electron chi connectivity index (χ2n) is 5.98. The van der Waals surface area contributed by atoms with Crippen molar-refractivity contribution < 1.29 is 14.3 Å². The van der Waals surface area contributed by atoms with Crippen molar-refractivity contribution in [2.45, 2.75) is 26.8 Å². The van der Waals surface area contributed by atoms with Crippen LogP contribution < -0.4 is 15.0 Å². The molecule has 0 atom stereocenters. The summed E-state index contributed by atoms with van der Waals surface area (Å²) in [6, 6.07) is 12.9. The Morgan fingerprint density at radius 2 is 1.85 bits per heavy atom. The number of nitrogens with one attached hydrogen (secondary N) is 1. The molecular formula is C20H23ClN2O3. The molecule has 2 aromatic rings. The zero-order chi connectivity index (χ0) is 19.1. The van der Waals surface area contributed by atoms with Gasteiger partial charge in [0, 0.05) is 37.1 Å². The Kier molecular flexibility index (Phi) is 7.04. The van der Waals surface area contributed by atoms with Crippen LogP contribution in [0.5, 0.6) is 5.75 Å². The first-order valence-electron chi connectivity index (χ1n) is 8.34. The Hall–Kier alpha value is -2.53. The molecule has 6 heteroatoms. The molecule has 2 aromatic carbocycles. The van der Waals surface area contributed by atoms with Gasteiger partial charge in [0.2, 0.25) is 11.8 Å². The van der Waals surface area contributed by atoms with Gasteiger partial charge in [-0.1, -0.05) is 29.8 Å². The first kappa shape index (κ1) is 19.8. The lowest BCUT2D eigenvalue weighted by Crippen LogP contribution is -2.34. The summed E-state index contributed by atoms with van der Waals surface area (Å²) in [5, 5.41) is 3.42. The predicted octanol–water partition coefficient (Wildman–Crippen LogP) is 3.72. The molecule has 26 heavy (non-hydrogen) atoms. The third-order valence-electron chi connectivity index (χ3n) is 4.05. The zero-order valence-electron chi connectivity index (χ0n) is 15.2. The highest BCUT2D eigenvalue weighted by atomic mass is 35.5. The Morgan fingerprint density at radius 3 is 2.46 bits per heavy atom. The summed E-state index contributed by atoms with van der Waals surface area (Å²) < 4.78 is 5.11. The van der Waals surface area contributed by atoms with E-state index in [0.29, 0.717) is 18.1 Å². The molecule has 0 aliphatic heterocycles. The van der Waals surface area contributed by atoms with Crippen molar-refractivity contribution in [3.8, 4) is 5.75 Å². The molecule has 0 bridgehead atoms. The molecule has 0 radical (unpaired) electrons. The van der Waals surface area contributed by atoms with Gasteiger partial charge in [0.1, 0.15) is 5.75 Å². The highest BCUT2D eigenvalue weighted by Gasteiger charge is 2.16. The Labute approximate surface area is 158 Å². The monoisotopic (exact) mass is 374 g/mol. The van der Waals surface area contributed by atoms with Gasteiger partial charge in [-0.3, -0.25) is 9.59 Å². The largest absolute Gasteiger partial charge is 0.497 e. The summed E-state index contributed by atoms with van der Waals surface area (Å²) in [6.45, 7) is 4.12. The second kappa shape index (κ2) is 9.25. The normalized spacial score (nSPS) is 10.3. The highest BCUT2D eigenvalue weighted by Crippen LogP contribution is 2.24. The van der Waals surface area contributed by atoms with Crippen LogP contribution in [0.4, 0.5) is 5.69 Å². The summed E-state index contributed by atoms with van der Waals surface area (Å²) in [5.74, 6) is 0.527. The minimum Gasteiger partial charge on any atom is -0.497 e. The summed E-state index contributed by atoms with van der Waals surface area (Å²) in [5.41, 5.74) is 2.64. The van der Waals surface area contributed by atoms with Gasteiger partial charge in [-0.2, -0.15) is 0 Å². The SMILES string of the molecule is COc1ccc(CNC(=O)CCN(C(C)=O)c2cc(Cl)ccc2C)cc1. The lowest BCUT2D eigenvalue weighted by Gasteiger charge is -2.23. The number of anilines is 1. The third kappa shape index (κ3) is 5.49. The maximum absolute atomic E-state index is 12.1. The van der Waals surface area contributed by atoms with Crippen LogP contribution >= 0.6 is 11.6 Å². The van der Waals surface area contributed by atoms with E-state index in [1.54, 1.807) is 24.1 Å². The third-order valence-corrected chi connectivity index (χ3v) is 4.29. The molecule has 2 amide bonds. The zero-order valence-corrected chi connectivity index (χ0v) is 16.0. The molecule has 0 fully saturated rings. The Bertz CT molecular complexity index is 775. The van der Waals surface area contributed by atoms with Gasteiger partial charge in [0.05, 0.1) is 7.11 Å². The van der Waals surface area contributed by atoms with E-state index >= 15 is 0 Å². The van der Waals surface area contributed by atoms with Crippen LogP contribution in [0.1, 0.15) is 24.5 Å². The highest BCUT2D eigenvalue weighted by molar-refractivity contribution is 6.31. The number of halogens is 1. The van der Waals surface area contributed by atoms with Gasteiger partial charge >= 0.3 is 0 Å². The number of benzene rings is 2. The average molecular weight is 375 g/mol. The van der Waals surface area contributed by atoms with Crippen LogP contribution in [-0.4, -0.2) is 25.5 Å². The molecule has 0 heterocycles. The number of rotatable bonds is 7. The molecule has 0 aliphatic rings. The number of hydrogen-bond donors (Lipinski definition) is 1. The lowest BCUT2D eigenvalue weighted by atomic mass is 10.1. The maximum Gasteiger partial charge on any atom is 0.223 e. The van der Waals surface area contributed by atoms with Crippen LogP contribution in [0.3, 0.4) is 0 Å². The summed E-state index contributed by atoms with van der Waals surface area (Å²) in [7, 11) is 1.61. The van der Waals surface area contributed by atoms with E-state index in [2.05, 4.69) is 5.32 Å². The van der Waals surface area contributed by atoms with Gasteiger partial charge in [-0.25, -0.2) is 0 Å². The second-order valence-corrected chi connectivity index (χ2v) is 6.41. The summed E-state index contributed by atoms with van der Waals surface area (Å²) in [4.78, 5) is 25.7. The van der Waals surface area contributed by atoms with E-state index in [9.17, 15) is 9.59 Å². The minimum absolute atomic E-state index is 0.119. The van der Waals surface area contributed by atoms with E-state index in [1.807, 2.05) is 37.3 Å². The van der Waals surface area contributed by atoms with E-state index in [1.165, 1.54) is 6.92 Å². The first-order valence-corrected chi connectivity index (χ1v) is 8.72. The van der Waals surface area contributed by atoms with Crippen molar-refractivity contribution in [1.29, 1.82) is 0 Å². The average Bonchev–Trinajstić information content (AvgIpc) is 2.63. The van der Waals surface area contributed by atoms with Gasteiger partial charge in [0.25, 0.3) is 0 Å². The molecule has 2 rings (SSSR count). The van der Waals surface area contributed by atoms with Gasteiger partial charge in [-0.15, -0.1) is 0 Å². The molecule has 0 spiro atoms. The number of ether oxygens (including phenoxy) is 1. The fraction of sp³-hybridized carbons (Fsp3) is 0.300. The molecule has 0 saturated heterocycles. The molecular weight excluding hydrogens is 352 g/mol. The standard InChI is InChI=1S/C20H23ClN2O3/c1-14-4-7-17(21)12-19(14)23(15(2)24)11-10-20(25)22-13-16-5-8-18(26-3)9-6-16/h4-9,12H,10-11,13H2,1-3H3,(H,22,25). The topological polar surface area (TPSA) is 58.6 Å². The minimum atomic E-state index is -0.127. The van der Waals surface area contributed by atoms with Crippen molar-refractivity contribution >= 4 is 29.1 Å². The number of carbonyl (C=O) groups is 2. The number of aryl methyl sites for hydroxylation is 1. The van der Waals surface area contributed by atoms with E-state index < -0.39 is 0 Å². The molecule has 0 aromatic heterocycles. The van der Waals surface area contributed by atoms with Crippen LogP contribution in [0, 0.1) is 6.92 Å². The molecule has 138 valence electrons. The van der Waals surface area contributed by atoms with Crippen LogP contribution in [0.2, 0.25) is 5.02 Å². The van der Waals surface area contributed by atoms with Gasteiger partial charge < -0.3 is 15.0 Å². The predicted molar refractivity (Wildman–Crippen MR) is 104 cm³/mol. The van der Waals surface area contributed by atoms with Crippen LogP contribution in [0.25, 0.3) is 0 Å². The molecule has 0 saturated carbocycles. The maximum atomic E-state index is 12.1. The first-order chi connectivity index (χ1) is 12.4. The van der Waals surface area contributed by atoms with E-state index in [0.717, 1.165) is 22.6 Å². The Balaban J connectivity index is 1.92. The lowest BCUT2D eigenvalue weighted by molar-refractivity contribution is -0.121. The van der Waals surface area contributed by atoms with Crippen molar-refractivity contribution in [1.82, 2.24) is 5.32 Å².